The van der Waals surface area contributed by atoms with Gasteiger partial charge in [-0.15, -0.1) is 0 Å². The number of aryl methyl sites for hydroxylation is 1. The van der Waals surface area contributed by atoms with Gasteiger partial charge in [-0.1, -0.05) is 0 Å². The van der Waals surface area contributed by atoms with Crippen LogP contribution in [0.15, 0.2) is 36.5 Å². The van der Waals surface area contributed by atoms with E-state index in [9.17, 15) is 4.79 Å². The quantitative estimate of drug-likeness (QED) is 0.886. The summed E-state index contributed by atoms with van der Waals surface area (Å²) in [4.78, 5) is 16.3. The Kier molecular flexibility index (Phi) is 4.77. The van der Waals surface area contributed by atoms with Crippen molar-refractivity contribution in [3.05, 3.63) is 47.7 Å². The summed E-state index contributed by atoms with van der Waals surface area (Å²) < 4.78 is 5.20. The lowest BCUT2D eigenvalue weighted by Gasteiger charge is -2.09. The summed E-state index contributed by atoms with van der Waals surface area (Å²) in [7, 11) is 1.62. The Morgan fingerprint density at radius 1 is 1.29 bits per heavy atom. The van der Waals surface area contributed by atoms with Gasteiger partial charge in [0.15, 0.2) is 0 Å². The van der Waals surface area contributed by atoms with Crippen molar-refractivity contribution in [1.29, 1.82) is 0 Å². The van der Waals surface area contributed by atoms with E-state index in [1.54, 1.807) is 25.4 Å². The Hall–Kier alpha value is -2.56. The second kappa shape index (κ2) is 6.74. The van der Waals surface area contributed by atoms with Crippen LogP contribution in [0, 0.1) is 6.92 Å². The van der Waals surface area contributed by atoms with Crippen molar-refractivity contribution < 1.29 is 9.53 Å². The molecule has 0 fully saturated rings. The zero-order valence-corrected chi connectivity index (χ0v) is 12.4. The van der Waals surface area contributed by atoms with Crippen LogP contribution in [-0.4, -0.2) is 24.5 Å². The third-order valence-electron chi connectivity index (χ3n) is 3.04. The molecule has 0 spiro atoms. The maximum Gasteiger partial charge on any atom is 0.257 e. The molecule has 5 heteroatoms. The molecule has 0 saturated heterocycles. The van der Waals surface area contributed by atoms with Crippen LogP contribution in [0.5, 0.6) is 5.75 Å². The molecule has 2 aromatic rings. The number of aromatic nitrogens is 1. The number of anilines is 2. The predicted octanol–water partition coefficient (Wildman–Crippen LogP) is 3.08. The third-order valence-corrected chi connectivity index (χ3v) is 3.04. The Balaban J connectivity index is 2.08. The highest BCUT2D eigenvalue weighted by molar-refractivity contribution is 6.04. The number of hydrogen-bond acceptors (Lipinski definition) is 4. The minimum Gasteiger partial charge on any atom is -0.496 e. The molecule has 1 heterocycles. The molecule has 0 aliphatic rings. The highest BCUT2D eigenvalue weighted by Crippen LogP contribution is 2.21. The van der Waals surface area contributed by atoms with Crippen molar-refractivity contribution in [2.75, 3.05) is 24.3 Å². The zero-order chi connectivity index (χ0) is 15.2. The van der Waals surface area contributed by atoms with E-state index in [2.05, 4.69) is 15.6 Å². The van der Waals surface area contributed by atoms with E-state index in [-0.39, 0.29) is 5.91 Å². The van der Waals surface area contributed by atoms with Crippen molar-refractivity contribution in [2.45, 2.75) is 13.8 Å². The summed E-state index contributed by atoms with van der Waals surface area (Å²) in [5, 5.41) is 5.93. The first kappa shape index (κ1) is 14.8. The number of ether oxygens (including phenoxy) is 1. The second-order valence-corrected chi connectivity index (χ2v) is 4.60. The first-order valence-electron chi connectivity index (χ1n) is 6.80. The van der Waals surface area contributed by atoms with Crippen LogP contribution in [0.2, 0.25) is 0 Å². The predicted molar refractivity (Wildman–Crippen MR) is 84.1 cm³/mol. The van der Waals surface area contributed by atoms with Crippen molar-refractivity contribution in [3.63, 3.8) is 0 Å². The fourth-order valence-electron chi connectivity index (χ4n) is 1.97. The van der Waals surface area contributed by atoms with Gasteiger partial charge in [0.2, 0.25) is 0 Å². The zero-order valence-electron chi connectivity index (χ0n) is 12.4. The van der Waals surface area contributed by atoms with Crippen molar-refractivity contribution in [2.24, 2.45) is 0 Å². The van der Waals surface area contributed by atoms with Gasteiger partial charge in [-0.3, -0.25) is 4.79 Å². The van der Waals surface area contributed by atoms with Gasteiger partial charge in [0, 0.05) is 18.4 Å². The molecule has 1 aromatic heterocycles. The van der Waals surface area contributed by atoms with Gasteiger partial charge >= 0.3 is 0 Å². The van der Waals surface area contributed by atoms with Crippen LogP contribution in [-0.2, 0) is 0 Å². The largest absolute Gasteiger partial charge is 0.496 e. The van der Waals surface area contributed by atoms with Crippen LogP contribution in [0.25, 0.3) is 0 Å². The molecular weight excluding hydrogens is 266 g/mol. The van der Waals surface area contributed by atoms with Crippen molar-refractivity contribution in [3.8, 4) is 5.75 Å². The molecule has 0 aliphatic carbocycles. The SMILES string of the molecule is CCNc1ccc(C(=O)Nc2ccc(OC)c(C)c2)cn1. The van der Waals surface area contributed by atoms with E-state index < -0.39 is 0 Å². The summed E-state index contributed by atoms with van der Waals surface area (Å²) in [5.41, 5.74) is 2.22. The van der Waals surface area contributed by atoms with E-state index >= 15 is 0 Å². The Bertz CT molecular complexity index is 624. The smallest absolute Gasteiger partial charge is 0.257 e. The van der Waals surface area contributed by atoms with Gasteiger partial charge < -0.3 is 15.4 Å². The molecule has 110 valence electrons. The first-order chi connectivity index (χ1) is 10.1. The number of rotatable bonds is 5. The lowest BCUT2D eigenvalue weighted by Crippen LogP contribution is -2.12. The number of pyridine rings is 1. The third kappa shape index (κ3) is 3.72. The maximum atomic E-state index is 12.1. The standard InChI is InChI=1S/C16H19N3O2/c1-4-17-15-8-5-12(10-18-15)16(20)19-13-6-7-14(21-3)11(2)9-13/h5-10H,4H2,1-3H3,(H,17,18)(H,19,20). The fourth-order valence-corrected chi connectivity index (χ4v) is 1.97. The van der Waals surface area contributed by atoms with Crippen LogP contribution in [0.4, 0.5) is 11.5 Å². The van der Waals surface area contributed by atoms with Gasteiger partial charge in [0.1, 0.15) is 11.6 Å². The van der Waals surface area contributed by atoms with Gasteiger partial charge in [-0.25, -0.2) is 4.98 Å². The molecule has 0 saturated carbocycles. The molecule has 5 nitrogen and oxygen atoms in total. The molecule has 0 aliphatic heterocycles. The number of carbonyl (C=O) groups is 1. The summed E-state index contributed by atoms with van der Waals surface area (Å²) in [6.45, 7) is 4.72. The van der Waals surface area contributed by atoms with Gasteiger partial charge in [-0.05, 0) is 49.7 Å². The Morgan fingerprint density at radius 3 is 2.67 bits per heavy atom. The normalized spacial score (nSPS) is 10.0. The molecule has 2 rings (SSSR count). The minimum absolute atomic E-state index is 0.185. The summed E-state index contributed by atoms with van der Waals surface area (Å²) in [5.74, 6) is 1.37. The van der Waals surface area contributed by atoms with Gasteiger partial charge in [0.25, 0.3) is 5.91 Å². The number of nitrogens with zero attached hydrogens (tertiary/aromatic N) is 1. The van der Waals surface area contributed by atoms with Crippen molar-refractivity contribution in [1.82, 2.24) is 4.98 Å². The number of nitrogens with one attached hydrogen (secondary N) is 2. The summed E-state index contributed by atoms with van der Waals surface area (Å²) in [6, 6.07) is 9.05. The molecule has 0 radical (unpaired) electrons. The van der Waals surface area contributed by atoms with Crippen LogP contribution < -0.4 is 15.4 Å². The number of amides is 1. The molecule has 0 bridgehead atoms. The first-order valence-corrected chi connectivity index (χ1v) is 6.80. The van der Waals surface area contributed by atoms with E-state index in [0.717, 1.165) is 29.4 Å². The molecule has 0 unspecified atom stereocenters. The number of hydrogen-bond donors (Lipinski definition) is 2. The Labute approximate surface area is 124 Å². The molecule has 1 amide bonds. The lowest BCUT2D eigenvalue weighted by molar-refractivity contribution is 0.102. The van der Waals surface area contributed by atoms with E-state index in [1.165, 1.54) is 0 Å². The highest BCUT2D eigenvalue weighted by Gasteiger charge is 2.08. The number of methoxy groups -OCH3 is 1. The molecule has 21 heavy (non-hydrogen) atoms. The van der Waals surface area contributed by atoms with Crippen LogP contribution in [0.1, 0.15) is 22.8 Å². The summed E-state index contributed by atoms with van der Waals surface area (Å²) in [6.07, 6.45) is 1.56. The molecular formula is C16H19N3O2. The van der Waals surface area contributed by atoms with Crippen LogP contribution in [0.3, 0.4) is 0 Å². The highest BCUT2D eigenvalue weighted by atomic mass is 16.5. The lowest BCUT2D eigenvalue weighted by atomic mass is 10.2. The molecule has 0 atom stereocenters. The fraction of sp³-hybridized carbons (Fsp3) is 0.250. The average molecular weight is 285 g/mol. The maximum absolute atomic E-state index is 12.1. The topological polar surface area (TPSA) is 63.2 Å². The average Bonchev–Trinajstić information content (AvgIpc) is 2.48. The van der Waals surface area contributed by atoms with E-state index in [0.29, 0.717) is 5.56 Å². The van der Waals surface area contributed by atoms with E-state index in [1.807, 2.05) is 32.0 Å². The Morgan fingerprint density at radius 2 is 2.10 bits per heavy atom. The monoisotopic (exact) mass is 285 g/mol. The molecule has 2 N–H and O–H groups in total. The second-order valence-electron chi connectivity index (χ2n) is 4.60. The van der Waals surface area contributed by atoms with Crippen molar-refractivity contribution >= 4 is 17.4 Å². The van der Waals surface area contributed by atoms with Crippen LogP contribution >= 0.6 is 0 Å². The van der Waals surface area contributed by atoms with Gasteiger partial charge in [-0.2, -0.15) is 0 Å². The number of carbonyl (C=O) groups excluding carboxylic acids is 1. The van der Waals surface area contributed by atoms with Gasteiger partial charge in [0.05, 0.1) is 12.7 Å². The summed E-state index contributed by atoms with van der Waals surface area (Å²) >= 11 is 0. The minimum atomic E-state index is -0.185. The molecule has 1 aromatic carbocycles. The van der Waals surface area contributed by atoms with E-state index in [4.69, 9.17) is 4.74 Å². The number of benzene rings is 1.